The molecule has 2 atom stereocenters. The van der Waals surface area contributed by atoms with Gasteiger partial charge in [0.15, 0.2) is 5.11 Å². The minimum atomic E-state index is 0.0703. The van der Waals surface area contributed by atoms with Crippen LogP contribution in [0.4, 0.5) is 0 Å². The van der Waals surface area contributed by atoms with Crippen LogP contribution in [0.5, 0.6) is 0 Å². The number of nitrogens with zero attached hydrogens (tertiary/aromatic N) is 3. The first kappa shape index (κ1) is 17.4. The summed E-state index contributed by atoms with van der Waals surface area (Å²) in [4.78, 5) is 7.09. The first-order valence-electron chi connectivity index (χ1n) is 10.0. The minimum Gasteiger partial charge on any atom is -0.352 e. The van der Waals surface area contributed by atoms with Gasteiger partial charge in [0.05, 0.1) is 17.8 Å². The average Bonchev–Trinajstić information content (AvgIpc) is 3.48. The molecular weight excluding hydrogens is 364 g/mol. The van der Waals surface area contributed by atoms with E-state index in [1.165, 1.54) is 36.9 Å². The SMILES string of the molecule is S=C1N[C@@H](c2ccccn2)[C@@H](c2ccn(-c3ccccc3)c2)N1C1CCCC1. The van der Waals surface area contributed by atoms with Crippen LogP contribution in [0, 0.1) is 0 Å². The molecule has 5 rings (SSSR count). The van der Waals surface area contributed by atoms with E-state index in [-0.39, 0.29) is 12.1 Å². The number of hydrogen-bond donors (Lipinski definition) is 1. The highest BCUT2D eigenvalue weighted by Gasteiger charge is 2.43. The van der Waals surface area contributed by atoms with E-state index in [4.69, 9.17) is 12.2 Å². The molecule has 2 fully saturated rings. The highest BCUT2D eigenvalue weighted by atomic mass is 32.1. The van der Waals surface area contributed by atoms with Crippen molar-refractivity contribution in [2.45, 2.75) is 43.8 Å². The summed E-state index contributed by atoms with van der Waals surface area (Å²) in [6, 6.07) is 19.5. The van der Waals surface area contributed by atoms with Crippen molar-refractivity contribution < 1.29 is 0 Å². The van der Waals surface area contributed by atoms with Crippen LogP contribution >= 0.6 is 12.2 Å². The van der Waals surface area contributed by atoms with Crippen LogP contribution in [0.1, 0.15) is 49.0 Å². The highest BCUT2D eigenvalue weighted by Crippen LogP contribution is 2.43. The molecule has 3 heterocycles. The molecule has 2 aromatic heterocycles. The Morgan fingerprint density at radius 3 is 2.50 bits per heavy atom. The van der Waals surface area contributed by atoms with E-state index in [0.717, 1.165) is 10.8 Å². The van der Waals surface area contributed by atoms with Crippen LogP contribution in [0.15, 0.2) is 73.2 Å². The summed E-state index contributed by atoms with van der Waals surface area (Å²) < 4.78 is 2.19. The average molecular weight is 389 g/mol. The summed E-state index contributed by atoms with van der Waals surface area (Å²) >= 11 is 5.81. The third-order valence-electron chi connectivity index (χ3n) is 5.97. The Kier molecular flexibility index (Phi) is 4.61. The highest BCUT2D eigenvalue weighted by molar-refractivity contribution is 7.80. The van der Waals surface area contributed by atoms with Gasteiger partial charge in [-0.25, -0.2) is 0 Å². The molecule has 4 nitrogen and oxygen atoms in total. The van der Waals surface area contributed by atoms with Gasteiger partial charge >= 0.3 is 0 Å². The first-order valence-corrected chi connectivity index (χ1v) is 10.5. The molecule has 2 aliphatic rings. The van der Waals surface area contributed by atoms with Crippen LogP contribution in [0.25, 0.3) is 5.69 Å². The lowest BCUT2D eigenvalue weighted by molar-refractivity contribution is 0.245. The van der Waals surface area contributed by atoms with Gasteiger partial charge in [-0.15, -0.1) is 0 Å². The molecule has 0 radical (unpaired) electrons. The number of para-hydroxylation sites is 1. The Morgan fingerprint density at radius 2 is 1.75 bits per heavy atom. The van der Waals surface area contributed by atoms with Crippen molar-refractivity contribution in [1.82, 2.24) is 19.8 Å². The van der Waals surface area contributed by atoms with Crippen molar-refractivity contribution in [3.05, 3.63) is 84.4 Å². The Morgan fingerprint density at radius 1 is 0.964 bits per heavy atom. The summed E-state index contributed by atoms with van der Waals surface area (Å²) in [6.45, 7) is 0. The molecule has 1 aliphatic heterocycles. The van der Waals surface area contributed by atoms with Crippen LogP contribution in [0.2, 0.25) is 0 Å². The van der Waals surface area contributed by atoms with Crippen molar-refractivity contribution in [3.8, 4) is 5.69 Å². The fraction of sp³-hybridized carbons (Fsp3) is 0.304. The molecule has 142 valence electrons. The van der Waals surface area contributed by atoms with Crippen molar-refractivity contribution in [2.24, 2.45) is 0 Å². The quantitative estimate of drug-likeness (QED) is 0.652. The molecule has 1 saturated heterocycles. The van der Waals surface area contributed by atoms with E-state index in [1.54, 1.807) is 0 Å². The topological polar surface area (TPSA) is 33.1 Å². The summed E-state index contributed by atoms with van der Waals surface area (Å²) in [7, 11) is 0. The summed E-state index contributed by atoms with van der Waals surface area (Å²) in [6.07, 6.45) is 11.3. The lowest BCUT2D eigenvalue weighted by atomic mass is 9.97. The fourth-order valence-corrected chi connectivity index (χ4v) is 5.04. The van der Waals surface area contributed by atoms with Crippen LogP contribution < -0.4 is 5.32 Å². The maximum Gasteiger partial charge on any atom is 0.170 e. The van der Waals surface area contributed by atoms with Gasteiger partial charge in [0.1, 0.15) is 0 Å². The molecule has 0 spiro atoms. The lowest BCUT2D eigenvalue weighted by Crippen LogP contribution is -2.37. The summed E-state index contributed by atoms with van der Waals surface area (Å²) in [5, 5.41) is 4.44. The normalized spacial score (nSPS) is 22.6. The zero-order valence-electron chi connectivity index (χ0n) is 15.7. The molecule has 1 saturated carbocycles. The van der Waals surface area contributed by atoms with Crippen LogP contribution in [0.3, 0.4) is 0 Å². The second kappa shape index (κ2) is 7.40. The van der Waals surface area contributed by atoms with E-state index < -0.39 is 0 Å². The monoisotopic (exact) mass is 388 g/mol. The Hall–Kier alpha value is -2.66. The Labute approximate surface area is 171 Å². The van der Waals surface area contributed by atoms with Gasteiger partial charge in [-0.2, -0.15) is 0 Å². The van der Waals surface area contributed by atoms with E-state index in [9.17, 15) is 0 Å². The van der Waals surface area contributed by atoms with Crippen LogP contribution in [-0.2, 0) is 0 Å². The molecule has 1 aliphatic carbocycles. The van der Waals surface area contributed by atoms with Gasteiger partial charge in [-0.05, 0) is 61.0 Å². The van der Waals surface area contributed by atoms with Gasteiger partial charge in [-0.3, -0.25) is 4.98 Å². The number of thiocarbonyl (C=S) groups is 1. The van der Waals surface area contributed by atoms with Gasteiger partial charge < -0.3 is 14.8 Å². The fourth-order valence-electron chi connectivity index (χ4n) is 4.65. The number of aromatic nitrogens is 2. The number of nitrogens with one attached hydrogen (secondary N) is 1. The van der Waals surface area contributed by atoms with Gasteiger partial charge in [0.2, 0.25) is 0 Å². The van der Waals surface area contributed by atoms with Crippen molar-refractivity contribution in [3.63, 3.8) is 0 Å². The number of pyridine rings is 1. The second-order valence-electron chi connectivity index (χ2n) is 7.66. The van der Waals surface area contributed by atoms with Crippen molar-refractivity contribution in [2.75, 3.05) is 0 Å². The molecule has 28 heavy (non-hydrogen) atoms. The molecule has 5 heteroatoms. The summed E-state index contributed by atoms with van der Waals surface area (Å²) in [5.41, 5.74) is 3.49. The number of benzene rings is 1. The maximum absolute atomic E-state index is 5.81. The Balaban J connectivity index is 1.55. The van der Waals surface area contributed by atoms with Gasteiger partial charge in [0.25, 0.3) is 0 Å². The zero-order valence-corrected chi connectivity index (χ0v) is 16.6. The molecule has 0 unspecified atom stereocenters. The Bertz CT molecular complexity index is 947. The van der Waals surface area contributed by atoms with Crippen molar-refractivity contribution >= 4 is 17.3 Å². The number of hydrogen-bond acceptors (Lipinski definition) is 2. The molecule has 1 aromatic carbocycles. The van der Waals surface area contributed by atoms with E-state index in [0.29, 0.717) is 6.04 Å². The predicted octanol–water partition coefficient (Wildman–Crippen LogP) is 4.79. The van der Waals surface area contributed by atoms with E-state index >= 15 is 0 Å². The van der Waals surface area contributed by atoms with Gasteiger partial charge in [0, 0.05) is 30.3 Å². The molecule has 3 aromatic rings. The van der Waals surface area contributed by atoms with Crippen LogP contribution in [-0.4, -0.2) is 25.6 Å². The third-order valence-corrected chi connectivity index (χ3v) is 6.29. The minimum absolute atomic E-state index is 0.0703. The van der Waals surface area contributed by atoms with E-state index in [2.05, 4.69) is 74.6 Å². The summed E-state index contributed by atoms with van der Waals surface area (Å²) in [5.74, 6) is 0. The smallest absolute Gasteiger partial charge is 0.170 e. The molecule has 1 N–H and O–H groups in total. The molecule has 0 bridgehead atoms. The second-order valence-corrected chi connectivity index (χ2v) is 8.05. The number of rotatable bonds is 4. The molecule has 0 amide bonds. The zero-order chi connectivity index (χ0) is 18.9. The largest absolute Gasteiger partial charge is 0.352 e. The predicted molar refractivity (Wildman–Crippen MR) is 115 cm³/mol. The lowest BCUT2D eigenvalue weighted by Gasteiger charge is -2.32. The van der Waals surface area contributed by atoms with Gasteiger partial charge in [-0.1, -0.05) is 37.1 Å². The maximum atomic E-state index is 5.81. The van der Waals surface area contributed by atoms with Crippen molar-refractivity contribution in [1.29, 1.82) is 0 Å². The standard InChI is InChI=1S/C23H24N4S/c28-23-25-21(20-12-6-7-14-24-20)22(27(23)19-10-4-5-11-19)17-13-15-26(16-17)18-8-2-1-3-9-18/h1-3,6-9,12-16,19,21-22H,4-5,10-11H2,(H,25,28)/t21-,22+/m0/s1. The van der Waals surface area contributed by atoms with E-state index in [1.807, 2.05) is 18.3 Å². The third kappa shape index (κ3) is 3.10. The first-order chi connectivity index (χ1) is 13.8. The molecular formula is C23H24N4S.